The topological polar surface area (TPSA) is 45.0 Å². The maximum absolute atomic E-state index is 13.7. The van der Waals surface area contributed by atoms with Crippen LogP contribution in [0.15, 0.2) is 42.5 Å². The molecule has 3 nitrogen and oxygen atoms in total. The summed E-state index contributed by atoms with van der Waals surface area (Å²) < 4.78 is 31.9. The highest BCUT2D eigenvalue weighted by Crippen LogP contribution is 2.24. The largest absolute Gasteiger partial charge is 0.497 e. The van der Waals surface area contributed by atoms with Crippen LogP contribution in [-0.4, -0.2) is 7.11 Å². The molecule has 0 bridgehead atoms. The quantitative estimate of drug-likeness (QED) is 0.925. The Bertz CT molecular complexity index is 635. The molecule has 0 aliphatic rings. The van der Waals surface area contributed by atoms with Crippen molar-refractivity contribution in [3.05, 3.63) is 59.7 Å². The second-order valence-electron chi connectivity index (χ2n) is 4.08. The van der Waals surface area contributed by atoms with Crippen molar-refractivity contribution < 1.29 is 13.5 Å². The Labute approximate surface area is 115 Å². The Kier molecular flexibility index (Phi) is 4.16. The molecule has 102 valence electrons. The maximum atomic E-state index is 13.7. The highest BCUT2D eigenvalue weighted by Gasteiger charge is 2.17. The van der Waals surface area contributed by atoms with Gasteiger partial charge in [0.05, 0.1) is 13.2 Å². The number of halogens is 2. The zero-order chi connectivity index (χ0) is 14.5. The number of hydrogen-bond acceptors (Lipinski definition) is 3. The second kappa shape index (κ2) is 6.02. The summed E-state index contributed by atoms with van der Waals surface area (Å²) in [5.74, 6) is -1.32. The molecule has 2 aromatic rings. The van der Waals surface area contributed by atoms with Crippen LogP contribution >= 0.6 is 0 Å². The van der Waals surface area contributed by atoms with E-state index in [4.69, 9.17) is 10.00 Å². The fraction of sp³-hybridized carbons (Fsp3) is 0.133. The highest BCUT2D eigenvalue weighted by atomic mass is 19.2. The lowest BCUT2D eigenvalue weighted by molar-refractivity contribution is 0.415. The van der Waals surface area contributed by atoms with Crippen molar-refractivity contribution in [3.63, 3.8) is 0 Å². The predicted octanol–water partition coefficient (Wildman–Crippen LogP) is 3.65. The molecule has 0 aliphatic carbocycles. The number of nitriles is 1. The van der Waals surface area contributed by atoms with Gasteiger partial charge in [-0.05, 0) is 30.3 Å². The number of rotatable bonds is 4. The van der Waals surface area contributed by atoms with Crippen molar-refractivity contribution in [2.45, 2.75) is 6.04 Å². The monoisotopic (exact) mass is 274 g/mol. The van der Waals surface area contributed by atoms with Gasteiger partial charge in [-0.2, -0.15) is 5.26 Å². The molecule has 1 N–H and O–H groups in total. The van der Waals surface area contributed by atoms with Crippen molar-refractivity contribution in [3.8, 4) is 11.8 Å². The van der Waals surface area contributed by atoms with E-state index in [0.717, 1.165) is 6.07 Å². The minimum Gasteiger partial charge on any atom is -0.497 e. The Hall–Kier alpha value is -2.61. The lowest BCUT2D eigenvalue weighted by Gasteiger charge is -2.14. The number of methoxy groups -OCH3 is 1. The second-order valence-corrected chi connectivity index (χ2v) is 4.08. The summed E-state index contributed by atoms with van der Waals surface area (Å²) in [5.41, 5.74) is 0.587. The average molecular weight is 274 g/mol. The first-order valence-electron chi connectivity index (χ1n) is 5.90. The number of benzene rings is 2. The first-order chi connectivity index (χ1) is 9.65. The third-order valence-corrected chi connectivity index (χ3v) is 2.82. The molecule has 0 aliphatic heterocycles. The number of anilines is 1. The van der Waals surface area contributed by atoms with Gasteiger partial charge in [0, 0.05) is 11.3 Å². The molecule has 0 aromatic heterocycles. The maximum Gasteiger partial charge on any atom is 0.165 e. The van der Waals surface area contributed by atoms with E-state index in [0.29, 0.717) is 11.4 Å². The van der Waals surface area contributed by atoms with Gasteiger partial charge in [-0.15, -0.1) is 0 Å². The van der Waals surface area contributed by atoms with Crippen LogP contribution in [0.5, 0.6) is 5.75 Å². The van der Waals surface area contributed by atoms with E-state index in [-0.39, 0.29) is 5.56 Å². The van der Waals surface area contributed by atoms with Crippen molar-refractivity contribution >= 4 is 5.69 Å². The smallest absolute Gasteiger partial charge is 0.165 e. The molecule has 1 unspecified atom stereocenters. The van der Waals surface area contributed by atoms with E-state index in [1.54, 1.807) is 31.4 Å². The summed E-state index contributed by atoms with van der Waals surface area (Å²) >= 11 is 0. The van der Waals surface area contributed by atoms with Crippen molar-refractivity contribution in [2.75, 3.05) is 12.4 Å². The molecule has 2 rings (SSSR count). The van der Waals surface area contributed by atoms with Crippen LogP contribution in [0.25, 0.3) is 0 Å². The fourth-order valence-electron chi connectivity index (χ4n) is 1.78. The predicted molar refractivity (Wildman–Crippen MR) is 71.3 cm³/mol. The summed E-state index contributed by atoms with van der Waals surface area (Å²) in [4.78, 5) is 0. The van der Waals surface area contributed by atoms with Crippen LogP contribution in [-0.2, 0) is 0 Å². The number of ether oxygens (including phenoxy) is 1. The summed E-state index contributed by atoms with van der Waals surface area (Å²) in [7, 11) is 1.54. The van der Waals surface area contributed by atoms with Crippen LogP contribution < -0.4 is 10.1 Å². The lowest BCUT2D eigenvalue weighted by Crippen LogP contribution is -2.11. The SMILES string of the molecule is COc1ccc(NC(C#N)c2cccc(F)c2F)cc1. The molecule has 0 saturated carbocycles. The van der Waals surface area contributed by atoms with Crippen LogP contribution in [0.4, 0.5) is 14.5 Å². The number of nitrogens with one attached hydrogen (secondary N) is 1. The summed E-state index contributed by atoms with van der Waals surface area (Å²) in [6.07, 6.45) is 0. The van der Waals surface area contributed by atoms with Gasteiger partial charge < -0.3 is 10.1 Å². The Morgan fingerprint density at radius 2 is 1.85 bits per heavy atom. The molecule has 0 spiro atoms. The third kappa shape index (κ3) is 2.86. The van der Waals surface area contributed by atoms with Crippen LogP contribution in [0.3, 0.4) is 0 Å². The van der Waals surface area contributed by atoms with Crippen molar-refractivity contribution in [1.29, 1.82) is 5.26 Å². The summed E-state index contributed by atoms with van der Waals surface area (Å²) in [6, 6.07) is 11.5. The minimum atomic E-state index is -1.01. The van der Waals surface area contributed by atoms with Gasteiger partial charge in [0.25, 0.3) is 0 Å². The number of hydrogen-bond donors (Lipinski definition) is 1. The standard InChI is InChI=1S/C15H12F2N2O/c1-20-11-7-5-10(6-8-11)19-14(9-18)12-3-2-4-13(16)15(12)17/h2-8,14,19H,1H3. The zero-order valence-electron chi connectivity index (χ0n) is 10.7. The molecule has 0 radical (unpaired) electrons. The number of nitrogens with zero attached hydrogens (tertiary/aromatic N) is 1. The van der Waals surface area contributed by atoms with E-state index >= 15 is 0 Å². The van der Waals surface area contributed by atoms with Gasteiger partial charge in [0.1, 0.15) is 11.8 Å². The normalized spacial score (nSPS) is 11.5. The van der Waals surface area contributed by atoms with E-state index in [1.807, 2.05) is 6.07 Å². The fourth-order valence-corrected chi connectivity index (χ4v) is 1.78. The molecule has 0 fully saturated rings. The molecule has 0 saturated heterocycles. The molecule has 20 heavy (non-hydrogen) atoms. The molecule has 5 heteroatoms. The molecule has 0 amide bonds. The molecular formula is C15H12F2N2O. The third-order valence-electron chi connectivity index (χ3n) is 2.82. The summed E-state index contributed by atoms with van der Waals surface area (Å²) in [6.45, 7) is 0. The highest BCUT2D eigenvalue weighted by molar-refractivity contribution is 5.50. The first-order valence-corrected chi connectivity index (χ1v) is 5.90. The van der Waals surface area contributed by atoms with Gasteiger partial charge in [-0.1, -0.05) is 12.1 Å². The van der Waals surface area contributed by atoms with Crippen molar-refractivity contribution in [1.82, 2.24) is 0 Å². The lowest BCUT2D eigenvalue weighted by atomic mass is 10.1. The Morgan fingerprint density at radius 1 is 1.15 bits per heavy atom. The van der Waals surface area contributed by atoms with Gasteiger partial charge in [0.15, 0.2) is 11.6 Å². The average Bonchev–Trinajstić information content (AvgIpc) is 2.48. The first kappa shape index (κ1) is 13.8. The van der Waals surface area contributed by atoms with Gasteiger partial charge >= 0.3 is 0 Å². The van der Waals surface area contributed by atoms with Gasteiger partial charge in [0.2, 0.25) is 0 Å². The van der Waals surface area contributed by atoms with Crippen LogP contribution in [0, 0.1) is 23.0 Å². The Balaban J connectivity index is 2.24. The molecule has 1 atom stereocenters. The summed E-state index contributed by atoms with van der Waals surface area (Å²) in [5, 5.41) is 12.0. The Morgan fingerprint density at radius 3 is 2.45 bits per heavy atom. The van der Waals surface area contributed by atoms with E-state index in [9.17, 15) is 8.78 Å². The van der Waals surface area contributed by atoms with Crippen molar-refractivity contribution in [2.24, 2.45) is 0 Å². The minimum absolute atomic E-state index is 0.0247. The van der Waals surface area contributed by atoms with E-state index in [1.165, 1.54) is 12.1 Å². The van der Waals surface area contributed by atoms with E-state index in [2.05, 4.69) is 5.32 Å². The van der Waals surface area contributed by atoms with Crippen LogP contribution in [0.1, 0.15) is 11.6 Å². The molecule has 2 aromatic carbocycles. The van der Waals surface area contributed by atoms with E-state index < -0.39 is 17.7 Å². The van der Waals surface area contributed by atoms with Gasteiger partial charge in [-0.3, -0.25) is 0 Å². The van der Waals surface area contributed by atoms with Gasteiger partial charge in [-0.25, -0.2) is 8.78 Å². The van der Waals surface area contributed by atoms with Crippen LogP contribution in [0.2, 0.25) is 0 Å². The molecular weight excluding hydrogens is 262 g/mol. The zero-order valence-corrected chi connectivity index (χ0v) is 10.7. The molecule has 0 heterocycles.